The maximum atomic E-state index is 9.75. The molecule has 0 amide bonds. The number of rotatable bonds is 4. The highest BCUT2D eigenvalue weighted by molar-refractivity contribution is 4.83. The van der Waals surface area contributed by atoms with Crippen LogP contribution in [0.25, 0.3) is 0 Å². The molecular weight excluding hydrogens is 176 g/mol. The van der Waals surface area contributed by atoms with E-state index >= 15 is 0 Å². The first-order valence-electron chi connectivity index (χ1n) is 5.95. The van der Waals surface area contributed by atoms with Gasteiger partial charge in [0.25, 0.3) is 0 Å². The quantitative estimate of drug-likeness (QED) is 0.707. The van der Waals surface area contributed by atoms with Crippen molar-refractivity contribution in [3.63, 3.8) is 0 Å². The van der Waals surface area contributed by atoms with Crippen molar-refractivity contribution in [3.05, 3.63) is 0 Å². The molecule has 2 heteroatoms. The Bertz CT molecular complexity index is 160. The minimum Gasteiger partial charge on any atom is -0.368 e. The molecule has 0 aromatic carbocycles. The van der Waals surface area contributed by atoms with Crippen LogP contribution in [-0.4, -0.2) is 17.0 Å². The van der Waals surface area contributed by atoms with Crippen molar-refractivity contribution in [2.75, 3.05) is 0 Å². The van der Waals surface area contributed by atoms with E-state index in [0.29, 0.717) is 0 Å². The Kier molecular flexibility index (Phi) is 4.39. The fourth-order valence-electron chi connectivity index (χ4n) is 2.14. The molecule has 0 heterocycles. The predicted octanol–water partition coefficient (Wildman–Crippen LogP) is 3.09. The Hall–Kier alpha value is -0.0800. The number of hydrogen-bond acceptors (Lipinski definition) is 2. The molecule has 14 heavy (non-hydrogen) atoms. The van der Waals surface area contributed by atoms with Crippen LogP contribution in [0.3, 0.4) is 0 Å². The van der Waals surface area contributed by atoms with Crippen LogP contribution in [0.1, 0.15) is 59.3 Å². The zero-order valence-corrected chi connectivity index (χ0v) is 9.75. The first-order valence-corrected chi connectivity index (χ1v) is 5.95. The van der Waals surface area contributed by atoms with Gasteiger partial charge in [0.2, 0.25) is 0 Å². The molecule has 0 saturated heterocycles. The Labute approximate surface area is 87.7 Å². The lowest BCUT2D eigenvalue weighted by Crippen LogP contribution is -2.39. The molecule has 1 unspecified atom stereocenters. The molecule has 0 aromatic rings. The summed E-state index contributed by atoms with van der Waals surface area (Å²) in [6.45, 7) is 6.16. The summed E-state index contributed by atoms with van der Waals surface area (Å²) < 4.78 is 5.85. The van der Waals surface area contributed by atoms with Gasteiger partial charge in [0.15, 0.2) is 6.29 Å². The van der Waals surface area contributed by atoms with Gasteiger partial charge < -0.3 is 9.84 Å². The zero-order valence-electron chi connectivity index (χ0n) is 9.75. The summed E-state index contributed by atoms with van der Waals surface area (Å²) in [4.78, 5) is 0. The van der Waals surface area contributed by atoms with Gasteiger partial charge in [0, 0.05) is 5.92 Å². The zero-order chi connectivity index (χ0) is 10.6. The van der Waals surface area contributed by atoms with Crippen LogP contribution in [0.2, 0.25) is 0 Å². The van der Waals surface area contributed by atoms with Gasteiger partial charge in [-0.25, -0.2) is 0 Å². The van der Waals surface area contributed by atoms with Crippen LogP contribution in [0, 0.1) is 5.92 Å². The van der Waals surface area contributed by atoms with E-state index in [9.17, 15) is 5.11 Å². The summed E-state index contributed by atoms with van der Waals surface area (Å²) in [5.74, 6) is 0.195. The van der Waals surface area contributed by atoms with E-state index < -0.39 is 6.29 Å². The van der Waals surface area contributed by atoms with Gasteiger partial charge in [-0.3, -0.25) is 0 Å². The van der Waals surface area contributed by atoms with E-state index in [2.05, 4.69) is 6.92 Å². The van der Waals surface area contributed by atoms with Gasteiger partial charge >= 0.3 is 0 Å². The molecule has 1 N–H and O–H groups in total. The fourth-order valence-corrected chi connectivity index (χ4v) is 2.14. The third-order valence-electron chi connectivity index (χ3n) is 3.35. The Morgan fingerprint density at radius 2 is 1.79 bits per heavy atom. The molecule has 1 fully saturated rings. The van der Waals surface area contributed by atoms with E-state index in [1.165, 1.54) is 19.3 Å². The molecule has 0 aliphatic heterocycles. The first kappa shape index (κ1) is 12.0. The van der Waals surface area contributed by atoms with Crippen molar-refractivity contribution in [2.45, 2.75) is 71.2 Å². The molecule has 1 rings (SSSR count). The number of hydrogen-bond donors (Lipinski definition) is 1. The highest BCUT2D eigenvalue weighted by Gasteiger charge is 2.33. The number of ether oxygens (including phenoxy) is 1. The van der Waals surface area contributed by atoms with Gasteiger partial charge in [-0.15, -0.1) is 0 Å². The van der Waals surface area contributed by atoms with Crippen LogP contribution >= 0.6 is 0 Å². The monoisotopic (exact) mass is 200 g/mol. The van der Waals surface area contributed by atoms with E-state index in [4.69, 9.17) is 4.74 Å². The average Bonchev–Trinajstić information content (AvgIpc) is 2.19. The third kappa shape index (κ3) is 2.96. The predicted molar refractivity (Wildman–Crippen MR) is 58.0 cm³/mol. The second-order valence-electron chi connectivity index (χ2n) is 4.85. The van der Waals surface area contributed by atoms with Gasteiger partial charge in [0.1, 0.15) is 0 Å². The van der Waals surface area contributed by atoms with Gasteiger partial charge in [-0.1, -0.05) is 40.0 Å². The molecule has 0 spiro atoms. The van der Waals surface area contributed by atoms with E-state index in [1.54, 1.807) is 0 Å². The van der Waals surface area contributed by atoms with Crippen molar-refractivity contribution in [2.24, 2.45) is 5.92 Å². The lowest BCUT2D eigenvalue weighted by atomic mass is 9.82. The topological polar surface area (TPSA) is 29.5 Å². The highest BCUT2D eigenvalue weighted by Crippen LogP contribution is 2.35. The van der Waals surface area contributed by atoms with E-state index in [1.807, 2.05) is 13.8 Å². The molecule has 1 atom stereocenters. The minimum atomic E-state index is -0.590. The van der Waals surface area contributed by atoms with Crippen molar-refractivity contribution in [3.8, 4) is 0 Å². The summed E-state index contributed by atoms with van der Waals surface area (Å²) in [5.41, 5.74) is -0.0259. The smallest absolute Gasteiger partial charge is 0.157 e. The Morgan fingerprint density at radius 1 is 1.21 bits per heavy atom. The van der Waals surface area contributed by atoms with Gasteiger partial charge in [-0.2, -0.15) is 0 Å². The molecule has 1 aliphatic carbocycles. The third-order valence-corrected chi connectivity index (χ3v) is 3.35. The minimum absolute atomic E-state index is 0.0259. The van der Waals surface area contributed by atoms with E-state index in [0.717, 1.165) is 19.3 Å². The summed E-state index contributed by atoms with van der Waals surface area (Å²) in [5, 5.41) is 9.75. The van der Waals surface area contributed by atoms with Crippen LogP contribution in [0.4, 0.5) is 0 Å². The molecule has 1 saturated carbocycles. The van der Waals surface area contributed by atoms with Gasteiger partial charge in [0.05, 0.1) is 5.60 Å². The van der Waals surface area contributed by atoms with Crippen molar-refractivity contribution in [1.29, 1.82) is 0 Å². The van der Waals surface area contributed by atoms with Crippen molar-refractivity contribution in [1.82, 2.24) is 0 Å². The molecular formula is C12H24O2. The van der Waals surface area contributed by atoms with Crippen molar-refractivity contribution >= 4 is 0 Å². The lowest BCUT2D eigenvalue weighted by molar-refractivity contribution is -0.215. The molecule has 0 bridgehead atoms. The lowest BCUT2D eigenvalue weighted by Gasteiger charge is -2.39. The summed E-state index contributed by atoms with van der Waals surface area (Å²) in [6, 6.07) is 0. The van der Waals surface area contributed by atoms with Crippen LogP contribution in [0.5, 0.6) is 0 Å². The van der Waals surface area contributed by atoms with Crippen LogP contribution in [-0.2, 0) is 4.74 Å². The van der Waals surface area contributed by atoms with E-state index in [-0.39, 0.29) is 11.5 Å². The maximum Gasteiger partial charge on any atom is 0.157 e. The molecule has 0 aromatic heterocycles. The second-order valence-corrected chi connectivity index (χ2v) is 4.85. The second kappa shape index (κ2) is 5.13. The summed E-state index contributed by atoms with van der Waals surface area (Å²) >= 11 is 0. The molecule has 1 aliphatic rings. The Balaban J connectivity index is 2.51. The highest BCUT2D eigenvalue weighted by atomic mass is 16.6. The number of aliphatic hydroxyl groups is 1. The summed E-state index contributed by atoms with van der Waals surface area (Å²) in [6.07, 6.45) is 6.49. The maximum absolute atomic E-state index is 9.75. The molecule has 84 valence electrons. The fraction of sp³-hybridized carbons (Fsp3) is 1.00. The first-order chi connectivity index (χ1) is 6.59. The normalized spacial score (nSPS) is 23.8. The van der Waals surface area contributed by atoms with Gasteiger partial charge in [-0.05, 0) is 19.3 Å². The average molecular weight is 200 g/mol. The SMILES string of the molecule is CCC1(OC(O)C(C)C)CCCCC1. The largest absolute Gasteiger partial charge is 0.368 e. The summed E-state index contributed by atoms with van der Waals surface area (Å²) in [7, 11) is 0. The van der Waals surface area contributed by atoms with Crippen LogP contribution < -0.4 is 0 Å². The molecule has 2 nitrogen and oxygen atoms in total. The number of aliphatic hydroxyl groups excluding tert-OH is 1. The Morgan fingerprint density at radius 3 is 2.21 bits per heavy atom. The standard InChI is InChI=1S/C12H24O2/c1-4-12(8-6-5-7-9-12)14-11(13)10(2)3/h10-11,13H,4-9H2,1-3H3. The molecule has 0 radical (unpaired) electrons. The van der Waals surface area contributed by atoms with Crippen LogP contribution in [0.15, 0.2) is 0 Å². The van der Waals surface area contributed by atoms with Crippen molar-refractivity contribution < 1.29 is 9.84 Å².